The molecule has 1 aliphatic carbocycles. The van der Waals surface area contributed by atoms with Gasteiger partial charge in [0, 0.05) is 5.92 Å². The average Bonchev–Trinajstić information content (AvgIpc) is 2.49. The van der Waals surface area contributed by atoms with E-state index in [4.69, 9.17) is 4.74 Å². The first kappa shape index (κ1) is 8.92. The highest BCUT2D eigenvalue weighted by Gasteiger charge is 2.48. The van der Waals surface area contributed by atoms with Gasteiger partial charge in [-0.15, -0.1) is 0 Å². The zero-order chi connectivity index (χ0) is 10.4. The van der Waals surface area contributed by atoms with Crippen LogP contribution in [0.25, 0.3) is 0 Å². The van der Waals surface area contributed by atoms with Crippen LogP contribution in [0.1, 0.15) is 17.2 Å². The number of hydrogen-bond acceptors (Lipinski definition) is 3. The predicted octanol–water partition coefficient (Wildman–Crippen LogP) is 1.07. The van der Waals surface area contributed by atoms with Crippen molar-refractivity contribution in [2.75, 3.05) is 6.61 Å². The number of ether oxygens (including phenoxy) is 1. The molecule has 2 bridgehead atoms. The van der Waals surface area contributed by atoms with Gasteiger partial charge in [-0.25, -0.2) is 0 Å². The molecule has 1 aromatic carbocycles. The van der Waals surface area contributed by atoms with Crippen LogP contribution >= 0.6 is 0 Å². The summed E-state index contributed by atoms with van der Waals surface area (Å²) in [5.41, 5.74) is 2.25. The second-order valence-electron chi connectivity index (χ2n) is 4.21. The summed E-state index contributed by atoms with van der Waals surface area (Å²) in [7, 11) is 0. The number of aliphatic hydroxyl groups is 1. The van der Waals surface area contributed by atoms with Crippen molar-refractivity contribution >= 4 is 5.97 Å². The molecule has 1 aliphatic heterocycles. The van der Waals surface area contributed by atoms with Gasteiger partial charge in [0.05, 0.1) is 12.5 Å². The summed E-state index contributed by atoms with van der Waals surface area (Å²) in [6, 6.07) is 7.93. The molecule has 1 saturated heterocycles. The lowest BCUT2D eigenvalue weighted by Gasteiger charge is -2.26. The SMILES string of the molecule is O=C1O[C@@H]2c3ccccc3C[C@H]1[C@H]2CO. The summed E-state index contributed by atoms with van der Waals surface area (Å²) >= 11 is 0. The minimum Gasteiger partial charge on any atom is -0.457 e. The van der Waals surface area contributed by atoms with Crippen molar-refractivity contribution in [3.05, 3.63) is 35.4 Å². The van der Waals surface area contributed by atoms with Gasteiger partial charge in [-0.1, -0.05) is 24.3 Å². The Hall–Kier alpha value is -1.35. The number of rotatable bonds is 1. The lowest BCUT2D eigenvalue weighted by molar-refractivity contribution is -0.144. The van der Waals surface area contributed by atoms with Gasteiger partial charge in [0.25, 0.3) is 0 Å². The fraction of sp³-hybridized carbons (Fsp3) is 0.417. The maximum atomic E-state index is 11.6. The number of benzene rings is 1. The molecule has 3 atom stereocenters. The van der Waals surface area contributed by atoms with Gasteiger partial charge in [0.2, 0.25) is 0 Å². The van der Waals surface area contributed by atoms with Crippen LogP contribution < -0.4 is 0 Å². The zero-order valence-corrected chi connectivity index (χ0v) is 8.22. The molecule has 0 unspecified atom stereocenters. The maximum Gasteiger partial charge on any atom is 0.310 e. The highest BCUT2D eigenvalue weighted by Crippen LogP contribution is 2.46. The van der Waals surface area contributed by atoms with Crippen LogP contribution in [0.2, 0.25) is 0 Å². The maximum absolute atomic E-state index is 11.6. The third kappa shape index (κ3) is 1.13. The second-order valence-corrected chi connectivity index (χ2v) is 4.21. The Morgan fingerprint density at radius 1 is 1.40 bits per heavy atom. The summed E-state index contributed by atoms with van der Waals surface area (Å²) in [5.74, 6) is -0.349. The normalized spacial score (nSPS) is 32.3. The standard InChI is InChI=1S/C12H12O3/c13-6-10-9-5-7-3-1-2-4-8(7)11(10)15-12(9)14/h1-4,9-11,13H,5-6H2/t9-,10+,11+/m0/s1. The fourth-order valence-electron chi connectivity index (χ4n) is 2.67. The van der Waals surface area contributed by atoms with Crippen molar-refractivity contribution in [1.82, 2.24) is 0 Å². The highest BCUT2D eigenvalue weighted by atomic mass is 16.6. The molecule has 3 rings (SSSR count). The molecule has 1 N–H and O–H groups in total. The summed E-state index contributed by atoms with van der Waals surface area (Å²) < 4.78 is 5.32. The quantitative estimate of drug-likeness (QED) is 0.696. The van der Waals surface area contributed by atoms with Crippen LogP contribution in [0.3, 0.4) is 0 Å². The fourth-order valence-corrected chi connectivity index (χ4v) is 2.67. The lowest BCUT2D eigenvalue weighted by Crippen LogP contribution is -2.27. The van der Waals surface area contributed by atoms with Crippen molar-refractivity contribution in [2.24, 2.45) is 11.8 Å². The Morgan fingerprint density at radius 2 is 2.20 bits per heavy atom. The minimum absolute atomic E-state index is 0.0232. The van der Waals surface area contributed by atoms with Crippen LogP contribution in [0.4, 0.5) is 0 Å². The van der Waals surface area contributed by atoms with Crippen molar-refractivity contribution in [2.45, 2.75) is 12.5 Å². The second kappa shape index (κ2) is 3.07. The largest absolute Gasteiger partial charge is 0.457 e. The highest BCUT2D eigenvalue weighted by molar-refractivity contribution is 5.77. The van der Waals surface area contributed by atoms with E-state index in [0.29, 0.717) is 6.42 Å². The molecule has 15 heavy (non-hydrogen) atoms. The summed E-state index contributed by atoms with van der Waals surface area (Å²) in [4.78, 5) is 11.6. The Labute approximate surface area is 87.7 Å². The molecule has 0 amide bonds. The Morgan fingerprint density at radius 3 is 3.00 bits per heavy atom. The Bertz CT molecular complexity index is 413. The molecule has 0 spiro atoms. The molecule has 2 aliphatic rings. The van der Waals surface area contributed by atoms with E-state index in [2.05, 4.69) is 0 Å². The van der Waals surface area contributed by atoms with E-state index in [1.807, 2.05) is 24.3 Å². The van der Waals surface area contributed by atoms with E-state index in [1.54, 1.807) is 0 Å². The van der Waals surface area contributed by atoms with Crippen LogP contribution in [0, 0.1) is 11.8 Å². The van der Waals surface area contributed by atoms with Crippen LogP contribution in [0.5, 0.6) is 0 Å². The summed E-state index contributed by atoms with van der Waals surface area (Å²) in [5, 5.41) is 9.28. The number of fused-ring (bicyclic) bond motifs is 4. The van der Waals surface area contributed by atoms with Crippen molar-refractivity contribution in [3.63, 3.8) is 0 Å². The first-order valence-electron chi connectivity index (χ1n) is 5.20. The molecular weight excluding hydrogens is 192 g/mol. The molecule has 1 fully saturated rings. The van der Waals surface area contributed by atoms with Crippen LogP contribution in [-0.2, 0) is 16.0 Å². The predicted molar refractivity (Wildman–Crippen MR) is 53.0 cm³/mol. The number of carbonyl (C=O) groups is 1. The van der Waals surface area contributed by atoms with Crippen molar-refractivity contribution in [3.8, 4) is 0 Å². The minimum atomic E-state index is -0.225. The van der Waals surface area contributed by atoms with Gasteiger partial charge in [0.1, 0.15) is 6.10 Å². The van der Waals surface area contributed by atoms with E-state index in [-0.39, 0.29) is 30.5 Å². The third-order valence-corrected chi connectivity index (χ3v) is 3.46. The molecular formula is C12H12O3. The van der Waals surface area contributed by atoms with Gasteiger partial charge in [0.15, 0.2) is 0 Å². The molecule has 3 nitrogen and oxygen atoms in total. The Kier molecular flexibility index (Phi) is 1.83. The molecule has 0 radical (unpaired) electrons. The van der Waals surface area contributed by atoms with E-state index in [9.17, 15) is 9.90 Å². The smallest absolute Gasteiger partial charge is 0.310 e. The summed E-state index contributed by atoms with van der Waals surface area (Å²) in [6.45, 7) is 0.0232. The van der Waals surface area contributed by atoms with Gasteiger partial charge in [-0.2, -0.15) is 0 Å². The van der Waals surface area contributed by atoms with Crippen LogP contribution in [0.15, 0.2) is 24.3 Å². The topological polar surface area (TPSA) is 46.5 Å². The summed E-state index contributed by atoms with van der Waals surface area (Å²) in [6.07, 6.45) is 0.481. The number of esters is 1. The molecule has 1 aromatic rings. The monoisotopic (exact) mass is 204 g/mol. The Balaban J connectivity index is 2.10. The van der Waals surface area contributed by atoms with E-state index in [0.717, 1.165) is 5.56 Å². The third-order valence-electron chi connectivity index (χ3n) is 3.46. The van der Waals surface area contributed by atoms with Crippen LogP contribution in [-0.4, -0.2) is 17.7 Å². The number of hydrogen-bond donors (Lipinski definition) is 1. The first-order chi connectivity index (χ1) is 7.31. The molecule has 78 valence electrons. The van der Waals surface area contributed by atoms with Crippen molar-refractivity contribution < 1.29 is 14.6 Å². The van der Waals surface area contributed by atoms with E-state index >= 15 is 0 Å². The van der Waals surface area contributed by atoms with Gasteiger partial charge in [-0.05, 0) is 17.5 Å². The van der Waals surface area contributed by atoms with Gasteiger partial charge in [-0.3, -0.25) is 4.79 Å². The van der Waals surface area contributed by atoms with Gasteiger partial charge >= 0.3 is 5.97 Å². The van der Waals surface area contributed by atoms with Crippen molar-refractivity contribution in [1.29, 1.82) is 0 Å². The lowest BCUT2D eigenvalue weighted by atomic mass is 9.76. The number of carbonyl (C=O) groups excluding carboxylic acids is 1. The first-order valence-corrected chi connectivity index (χ1v) is 5.20. The molecule has 1 heterocycles. The zero-order valence-electron chi connectivity index (χ0n) is 8.22. The van der Waals surface area contributed by atoms with E-state index in [1.165, 1.54) is 5.56 Å². The van der Waals surface area contributed by atoms with E-state index < -0.39 is 0 Å². The molecule has 0 aromatic heterocycles. The average molecular weight is 204 g/mol. The van der Waals surface area contributed by atoms with Gasteiger partial charge < -0.3 is 9.84 Å². The number of aliphatic hydroxyl groups excluding tert-OH is 1. The molecule has 0 saturated carbocycles. The molecule has 3 heteroatoms.